The first kappa shape index (κ1) is 18.1. The maximum absolute atomic E-state index is 12.2. The van der Waals surface area contributed by atoms with Crippen molar-refractivity contribution in [3.05, 3.63) is 48.8 Å². The molecule has 3 rings (SSSR count). The van der Waals surface area contributed by atoms with Crippen molar-refractivity contribution in [3.63, 3.8) is 0 Å². The summed E-state index contributed by atoms with van der Waals surface area (Å²) in [7, 11) is 0. The molecule has 1 fully saturated rings. The second-order valence-corrected chi connectivity index (χ2v) is 7.77. The highest BCUT2D eigenvalue weighted by Gasteiger charge is 2.19. The predicted octanol–water partition coefficient (Wildman–Crippen LogP) is 3.47. The van der Waals surface area contributed by atoms with Crippen molar-refractivity contribution in [1.82, 2.24) is 19.7 Å². The number of aromatic nitrogens is 3. The van der Waals surface area contributed by atoms with Gasteiger partial charge >= 0.3 is 0 Å². The van der Waals surface area contributed by atoms with E-state index in [4.69, 9.17) is 0 Å². The Balaban J connectivity index is 1.62. The maximum atomic E-state index is 12.2. The smallest absolute Gasteiger partial charge is 0.233 e. The molecular weight excluding hydrogens is 352 g/mol. The molecule has 0 N–H and O–H groups in total. The van der Waals surface area contributed by atoms with Gasteiger partial charge in [0.25, 0.3) is 0 Å². The molecule has 1 aliphatic heterocycles. The summed E-state index contributed by atoms with van der Waals surface area (Å²) in [5.41, 5.74) is 0. The fraction of sp³-hybridized carbons (Fsp3) is 0.389. The topological polar surface area (TPSA) is 51.0 Å². The van der Waals surface area contributed by atoms with Crippen LogP contribution in [-0.4, -0.2) is 44.4 Å². The SMILES string of the molecule is C=CCn1c(CSc2ccccc2)nnc1SCC(=O)N1CCCC1. The van der Waals surface area contributed by atoms with Gasteiger partial charge in [-0.1, -0.05) is 36.0 Å². The molecule has 1 aromatic carbocycles. The Labute approximate surface area is 156 Å². The average molecular weight is 375 g/mol. The fourth-order valence-electron chi connectivity index (χ4n) is 2.69. The first-order chi connectivity index (χ1) is 12.3. The highest BCUT2D eigenvalue weighted by molar-refractivity contribution is 7.99. The lowest BCUT2D eigenvalue weighted by atomic mass is 10.4. The first-order valence-corrected chi connectivity index (χ1v) is 10.4. The van der Waals surface area contributed by atoms with Crippen molar-refractivity contribution in [1.29, 1.82) is 0 Å². The number of thioether (sulfide) groups is 2. The lowest BCUT2D eigenvalue weighted by molar-refractivity contribution is -0.127. The van der Waals surface area contributed by atoms with E-state index in [-0.39, 0.29) is 5.91 Å². The highest BCUT2D eigenvalue weighted by Crippen LogP contribution is 2.25. The monoisotopic (exact) mass is 374 g/mol. The minimum atomic E-state index is 0.191. The van der Waals surface area contributed by atoms with Crippen molar-refractivity contribution in [2.75, 3.05) is 18.8 Å². The van der Waals surface area contributed by atoms with Crippen LogP contribution in [0.25, 0.3) is 0 Å². The van der Waals surface area contributed by atoms with E-state index in [2.05, 4.69) is 28.9 Å². The zero-order valence-corrected chi connectivity index (χ0v) is 15.8. The van der Waals surface area contributed by atoms with Crippen molar-refractivity contribution >= 4 is 29.4 Å². The van der Waals surface area contributed by atoms with Gasteiger partial charge in [0.05, 0.1) is 11.5 Å². The van der Waals surface area contributed by atoms with E-state index in [1.54, 1.807) is 11.8 Å². The third-order valence-corrected chi connectivity index (χ3v) is 5.96. The normalized spacial score (nSPS) is 14.0. The Morgan fingerprint density at radius 1 is 1.16 bits per heavy atom. The Kier molecular flexibility index (Phi) is 6.58. The maximum Gasteiger partial charge on any atom is 0.233 e. The molecule has 1 saturated heterocycles. The molecule has 25 heavy (non-hydrogen) atoms. The molecule has 5 nitrogen and oxygen atoms in total. The summed E-state index contributed by atoms with van der Waals surface area (Å²) >= 11 is 3.20. The molecule has 7 heteroatoms. The van der Waals surface area contributed by atoms with Gasteiger partial charge in [0.15, 0.2) is 5.16 Å². The molecule has 0 saturated carbocycles. The largest absolute Gasteiger partial charge is 0.342 e. The first-order valence-electron chi connectivity index (χ1n) is 8.39. The highest BCUT2D eigenvalue weighted by atomic mass is 32.2. The van der Waals surface area contributed by atoms with Gasteiger partial charge in [0.2, 0.25) is 5.91 Å². The summed E-state index contributed by atoms with van der Waals surface area (Å²) in [4.78, 5) is 15.4. The van der Waals surface area contributed by atoms with Crippen LogP contribution in [0.1, 0.15) is 18.7 Å². The van der Waals surface area contributed by atoms with Crippen LogP contribution in [-0.2, 0) is 17.1 Å². The third-order valence-electron chi connectivity index (χ3n) is 4.00. The van der Waals surface area contributed by atoms with E-state index in [1.807, 2.05) is 33.7 Å². The molecule has 0 spiro atoms. The van der Waals surface area contributed by atoms with E-state index < -0.39 is 0 Å². The molecule has 1 aliphatic rings. The van der Waals surface area contributed by atoms with Crippen molar-refractivity contribution in [3.8, 4) is 0 Å². The van der Waals surface area contributed by atoms with Crippen LogP contribution in [0.15, 0.2) is 53.0 Å². The van der Waals surface area contributed by atoms with Gasteiger partial charge in [0.1, 0.15) is 5.82 Å². The quantitative estimate of drug-likeness (QED) is 0.523. The van der Waals surface area contributed by atoms with Crippen LogP contribution < -0.4 is 0 Å². The second-order valence-electron chi connectivity index (χ2n) is 5.78. The summed E-state index contributed by atoms with van der Waals surface area (Å²) in [6, 6.07) is 10.2. The lowest BCUT2D eigenvalue weighted by Gasteiger charge is -2.14. The predicted molar refractivity (Wildman–Crippen MR) is 103 cm³/mol. The summed E-state index contributed by atoms with van der Waals surface area (Å²) in [5, 5.41) is 9.40. The van der Waals surface area contributed by atoms with Gasteiger partial charge in [0, 0.05) is 24.5 Å². The van der Waals surface area contributed by atoms with Gasteiger partial charge < -0.3 is 9.47 Å². The summed E-state index contributed by atoms with van der Waals surface area (Å²) < 4.78 is 2.05. The third kappa shape index (κ3) is 4.89. The van der Waals surface area contributed by atoms with Crippen LogP contribution in [0.5, 0.6) is 0 Å². The van der Waals surface area contributed by atoms with Crippen LogP contribution in [0.2, 0.25) is 0 Å². The number of amides is 1. The molecule has 0 unspecified atom stereocenters. The van der Waals surface area contributed by atoms with Crippen LogP contribution >= 0.6 is 23.5 Å². The number of carbonyl (C=O) groups excluding carboxylic acids is 1. The molecule has 0 atom stereocenters. The fourth-order valence-corrected chi connectivity index (χ4v) is 4.42. The van der Waals surface area contributed by atoms with Crippen molar-refractivity contribution < 1.29 is 4.79 Å². The number of allylic oxidation sites excluding steroid dienone is 1. The molecule has 1 amide bonds. The van der Waals surface area contributed by atoms with E-state index in [0.717, 1.165) is 42.7 Å². The van der Waals surface area contributed by atoms with Gasteiger partial charge in [-0.25, -0.2) is 0 Å². The molecule has 1 aromatic heterocycles. The molecular formula is C18H22N4OS2. The molecule has 0 bridgehead atoms. The van der Waals surface area contributed by atoms with Gasteiger partial charge in [-0.05, 0) is 25.0 Å². The molecule has 2 heterocycles. The van der Waals surface area contributed by atoms with Crippen molar-refractivity contribution in [2.24, 2.45) is 0 Å². The number of hydrogen-bond acceptors (Lipinski definition) is 5. The molecule has 132 valence electrons. The molecule has 2 aromatic rings. The van der Waals surface area contributed by atoms with Crippen LogP contribution in [0, 0.1) is 0 Å². The summed E-state index contributed by atoms with van der Waals surface area (Å²) in [5.74, 6) is 2.26. The van der Waals surface area contributed by atoms with E-state index in [1.165, 1.54) is 16.7 Å². The Hall–Kier alpha value is -1.73. The van der Waals surface area contributed by atoms with Gasteiger partial charge in [-0.2, -0.15) is 0 Å². The minimum absolute atomic E-state index is 0.191. The van der Waals surface area contributed by atoms with E-state index >= 15 is 0 Å². The Morgan fingerprint density at radius 2 is 1.92 bits per heavy atom. The molecule has 0 radical (unpaired) electrons. The summed E-state index contributed by atoms with van der Waals surface area (Å²) in [6.45, 7) is 6.25. The zero-order valence-electron chi connectivity index (χ0n) is 14.1. The van der Waals surface area contributed by atoms with Crippen molar-refractivity contribution in [2.45, 2.75) is 35.2 Å². The minimum Gasteiger partial charge on any atom is -0.342 e. The standard InChI is InChI=1S/C18H22N4OS2/c1-2-10-22-16(13-24-15-8-4-3-5-9-15)19-20-18(22)25-14-17(23)21-11-6-7-12-21/h2-5,8-9H,1,6-7,10-14H2. The van der Waals surface area contributed by atoms with E-state index in [9.17, 15) is 4.79 Å². The van der Waals surface area contributed by atoms with Gasteiger partial charge in [-0.15, -0.1) is 28.5 Å². The zero-order chi connectivity index (χ0) is 17.5. The number of carbonyl (C=O) groups is 1. The van der Waals surface area contributed by atoms with Gasteiger partial charge in [-0.3, -0.25) is 4.79 Å². The number of nitrogens with zero attached hydrogens (tertiary/aromatic N) is 4. The lowest BCUT2D eigenvalue weighted by Crippen LogP contribution is -2.29. The van der Waals surface area contributed by atoms with Crippen LogP contribution in [0.4, 0.5) is 0 Å². The second kappa shape index (κ2) is 9.10. The number of likely N-dealkylation sites (tertiary alicyclic amines) is 1. The summed E-state index contributed by atoms with van der Waals surface area (Å²) in [6.07, 6.45) is 4.07. The Morgan fingerprint density at radius 3 is 2.64 bits per heavy atom. The number of benzene rings is 1. The van der Waals surface area contributed by atoms with Crippen LogP contribution in [0.3, 0.4) is 0 Å². The van der Waals surface area contributed by atoms with E-state index in [0.29, 0.717) is 12.3 Å². The Bertz CT molecular complexity index is 711. The molecule has 0 aliphatic carbocycles. The average Bonchev–Trinajstić information content (AvgIpc) is 3.30. The number of hydrogen-bond donors (Lipinski definition) is 0. The number of rotatable bonds is 8.